The van der Waals surface area contributed by atoms with Crippen molar-refractivity contribution in [2.75, 3.05) is 45.5 Å². The third-order valence-corrected chi connectivity index (χ3v) is 3.37. The third-order valence-electron chi connectivity index (χ3n) is 2.42. The first kappa shape index (κ1) is 14.3. The van der Waals surface area contributed by atoms with Gasteiger partial charge in [-0.2, -0.15) is 0 Å². The van der Waals surface area contributed by atoms with E-state index in [1.54, 1.807) is 7.05 Å². The molecule has 1 unspecified atom stereocenters. The standard InChI is InChI=1S/C10H18N2O4S/c1-11(3-8(13)5-16-2)9(14)4-12-7-17-6-10(12)15/h8,13H,3-7H2,1-2H3. The molecule has 6 nitrogen and oxygen atoms in total. The Kier molecular flexibility index (Phi) is 5.73. The van der Waals surface area contributed by atoms with E-state index in [4.69, 9.17) is 4.74 Å². The minimum Gasteiger partial charge on any atom is -0.389 e. The highest BCUT2D eigenvalue weighted by Gasteiger charge is 2.24. The molecular weight excluding hydrogens is 244 g/mol. The average molecular weight is 262 g/mol. The van der Waals surface area contributed by atoms with Gasteiger partial charge < -0.3 is 19.6 Å². The Morgan fingerprint density at radius 2 is 2.41 bits per heavy atom. The molecule has 1 rings (SSSR count). The van der Waals surface area contributed by atoms with Crippen LogP contribution >= 0.6 is 11.8 Å². The summed E-state index contributed by atoms with van der Waals surface area (Å²) in [6, 6.07) is 0. The number of methoxy groups -OCH3 is 1. The van der Waals surface area contributed by atoms with Gasteiger partial charge in [0.2, 0.25) is 11.8 Å². The zero-order valence-electron chi connectivity index (χ0n) is 10.1. The second-order valence-corrected chi connectivity index (χ2v) is 4.91. The van der Waals surface area contributed by atoms with E-state index in [9.17, 15) is 14.7 Å². The van der Waals surface area contributed by atoms with E-state index in [-0.39, 0.29) is 31.5 Å². The van der Waals surface area contributed by atoms with Crippen molar-refractivity contribution in [1.29, 1.82) is 0 Å². The van der Waals surface area contributed by atoms with Crippen LogP contribution in [0.25, 0.3) is 0 Å². The first-order valence-electron chi connectivity index (χ1n) is 5.31. The van der Waals surface area contributed by atoms with Gasteiger partial charge in [-0.25, -0.2) is 0 Å². The quantitative estimate of drug-likeness (QED) is 0.664. The number of ether oxygens (including phenoxy) is 1. The van der Waals surface area contributed by atoms with Crippen LogP contribution in [-0.2, 0) is 14.3 Å². The highest BCUT2D eigenvalue weighted by atomic mass is 32.2. The lowest BCUT2D eigenvalue weighted by atomic mass is 10.3. The highest BCUT2D eigenvalue weighted by molar-refractivity contribution is 8.00. The zero-order chi connectivity index (χ0) is 12.8. The van der Waals surface area contributed by atoms with Crippen LogP contribution in [0.2, 0.25) is 0 Å². The van der Waals surface area contributed by atoms with E-state index in [0.29, 0.717) is 11.6 Å². The minimum atomic E-state index is -0.697. The summed E-state index contributed by atoms with van der Waals surface area (Å²) in [5.74, 6) is 0.840. The number of thioether (sulfide) groups is 1. The zero-order valence-corrected chi connectivity index (χ0v) is 10.9. The Bertz CT molecular complexity index is 287. The molecule has 0 aliphatic carbocycles. The monoisotopic (exact) mass is 262 g/mol. The number of rotatable bonds is 6. The first-order valence-corrected chi connectivity index (χ1v) is 6.46. The normalized spacial score (nSPS) is 17.4. The van der Waals surface area contributed by atoms with Crippen LogP contribution in [0.4, 0.5) is 0 Å². The molecule has 1 aliphatic heterocycles. The fraction of sp³-hybridized carbons (Fsp3) is 0.800. The molecule has 1 N–H and O–H groups in total. The van der Waals surface area contributed by atoms with E-state index in [2.05, 4.69) is 0 Å². The molecule has 98 valence electrons. The smallest absolute Gasteiger partial charge is 0.242 e. The SMILES string of the molecule is COCC(O)CN(C)C(=O)CN1CSCC1=O. The van der Waals surface area contributed by atoms with E-state index < -0.39 is 6.10 Å². The molecular formula is C10H18N2O4S. The van der Waals surface area contributed by atoms with E-state index in [1.807, 2.05) is 0 Å². The molecule has 0 saturated carbocycles. The Balaban J connectivity index is 2.33. The maximum Gasteiger partial charge on any atom is 0.242 e. The van der Waals surface area contributed by atoms with E-state index in [1.165, 1.54) is 28.7 Å². The van der Waals surface area contributed by atoms with Crippen molar-refractivity contribution in [2.24, 2.45) is 0 Å². The molecule has 0 aromatic heterocycles. The molecule has 17 heavy (non-hydrogen) atoms. The lowest BCUT2D eigenvalue weighted by molar-refractivity contribution is -0.138. The van der Waals surface area contributed by atoms with E-state index in [0.717, 1.165) is 0 Å². The van der Waals surface area contributed by atoms with Crippen molar-refractivity contribution >= 4 is 23.6 Å². The Labute approximate surface area is 105 Å². The van der Waals surface area contributed by atoms with Crippen molar-refractivity contribution in [3.8, 4) is 0 Å². The average Bonchev–Trinajstić information content (AvgIpc) is 2.64. The van der Waals surface area contributed by atoms with Crippen LogP contribution in [0.15, 0.2) is 0 Å². The van der Waals surface area contributed by atoms with Gasteiger partial charge in [0.25, 0.3) is 0 Å². The molecule has 1 fully saturated rings. The summed E-state index contributed by atoms with van der Waals surface area (Å²) in [4.78, 5) is 26.0. The van der Waals surface area contributed by atoms with Gasteiger partial charge in [0.05, 0.1) is 24.3 Å². The Hall–Kier alpha value is -0.790. The minimum absolute atomic E-state index is 0.00538. The van der Waals surface area contributed by atoms with Crippen molar-refractivity contribution in [1.82, 2.24) is 9.80 Å². The second-order valence-electron chi connectivity index (χ2n) is 3.95. The fourth-order valence-electron chi connectivity index (χ4n) is 1.49. The predicted octanol–water partition coefficient (Wildman–Crippen LogP) is -1.01. The molecule has 0 aromatic carbocycles. The lowest BCUT2D eigenvalue weighted by Gasteiger charge is -2.23. The van der Waals surface area contributed by atoms with E-state index >= 15 is 0 Å². The highest BCUT2D eigenvalue weighted by Crippen LogP contribution is 2.14. The van der Waals surface area contributed by atoms with Crippen molar-refractivity contribution in [2.45, 2.75) is 6.10 Å². The summed E-state index contributed by atoms with van der Waals surface area (Å²) >= 11 is 1.50. The molecule has 0 aromatic rings. The Morgan fingerprint density at radius 3 is 2.94 bits per heavy atom. The van der Waals surface area contributed by atoms with Crippen LogP contribution in [0.1, 0.15) is 0 Å². The van der Waals surface area contributed by atoms with Gasteiger partial charge in [0.1, 0.15) is 6.54 Å². The number of hydrogen-bond donors (Lipinski definition) is 1. The maximum absolute atomic E-state index is 11.8. The second kappa shape index (κ2) is 6.83. The van der Waals surface area contributed by atoms with Crippen LogP contribution in [-0.4, -0.2) is 78.3 Å². The summed E-state index contributed by atoms with van der Waals surface area (Å²) < 4.78 is 4.78. The molecule has 1 aliphatic rings. The molecule has 0 bridgehead atoms. The van der Waals surface area contributed by atoms with Gasteiger partial charge in [-0.05, 0) is 0 Å². The number of amides is 2. The van der Waals surface area contributed by atoms with Gasteiger partial charge in [-0.15, -0.1) is 11.8 Å². The van der Waals surface area contributed by atoms with Gasteiger partial charge in [-0.3, -0.25) is 9.59 Å². The summed E-state index contributed by atoms with van der Waals surface area (Å²) in [7, 11) is 3.10. The molecule has 1 saturated heterocycles. The number of carbonyl (C=O) groups excluding carboxylic acids is 2. The molecule has 7 heteroatoms. The summed E-state index contributed by atoms with van der Waals surface area (Å²) in [5, 5.41) is 9.48. The molecule has 2 amide bonds. The van der Waals surface area contributed by atoms with Gasteiger partial charge >= 0.3 is 0 Å². The molecule has 1 heterocycles. The van der Waals surface area contributed by atoms with Gasteiger partial charge in [0.15, 0.2) is 0 Å². The number of nitrogens with zero attached hydrogens (tertiary/aromatic N) is 2. The largest absolute Gasteiger partial charge is 0.389 e. The number of carbonyl (C=O) groups is 2. The van der Waals surface area contributed by atoms with Crippen LogP contribution in [0.5, 0.6) is 0 Å². The summed E-state index contributed by atoms with van der Waals surface area (Å²) in [5.41, 5.74) is 0. The summed E-state index contributed by atoms with van der Waals surface area (Å²) in [6.07, 6.45) is -0.697. The third kappa shape index (κ3) is 4.53. The summed E-state index contributed by atoms with van der Waals surface area (Å²) in [6.45, 7) is 0.486. The molecule has 1 atom stereocenters. The van der Waals surface area contributed by atoms with Crippen molar-refractivity contribution in [3.05, 3.63) is 0 Å². The van der Waals surface area contributed by atoms with Crippen LogP contribution in [0.3, 0.4) is 0 Å². The van der Waals surface area contributed by atoms with Gasteiger partial charge in [0, 0.05) is 20.7 Å². The number of likely N-dealkylation sites (N-methyl/N-ethyl adjacent to an activating group) is 1. The number of hydrogen-bond acceptors (Lipinski definition) is 5. The topological polar surface area (TPSA) is 70.1 Å². The number of aliphatic hydroxyl groups excluding tert-OH is 1. The predicted molar refractivity (Wildman–Crippen MR) is 64.6 cm³/mol. The van der Waals surface area contributed by atoms with Crippen LogP contribution in [0, 0.1) is 0 Å². The fourth-order valence-corrected chi connectivity index (χ4v) is 2.39. The van der Waals surface area contributed by atoms with Crippen LogP contribution < -0.4 is 0 Å². The van der Waals surface area contributed by atoms with Crippen molar-refractivity contribution in [3.63, 3.8) is 0 Å². The maximum atomic E-state index is 11.8. The first-order chi connectivity index (χ1) is 8.04. The molecule has 0 radical (unpaired) electrons. The molecule has 0 spiro atoms. The van der Waals surface area contributed by atoms with Crippen molar-refractivity contribution < 1.29 is 19.4 Å². The number of aliphatic hydroxyl groups is 1. The Morgan fingerprint density at radius 1 is 1.71 bits per heavy atom. The lowest BCUT2D eigenvalue weighted by Crippen LogP contribution is -2.42. The van der Waals surface area contributed by atoms with Gasteiger partial charge in [-0.1, -0.05) is 0 Å².